The highest BCUT2D eigenvalue weighted by atomic mass is 15.1. The van der Waals surface area contributed by atoms with Crippen LogP contribution in [0.15, 0.2) is 152 Å². The molecule has 0 aliphatic carbocycles. The summed E-state index contributed by atoms with van der Waals surface area (Å²) in [5.74, 6) is 0.947. The van der Waals surface area contributed by atoms with Crippen LogP contribution in [0.2, 0.25) is 0 Å². The van der Waals surface area contributed by atoms with Crippen molar-refractivity contribution in [3.05, 3.63) is 157 Å². The third-order valence-corrected chi connectivity index (χ3v) is 7.58. The number of rotatable bonds is 5. The summed E-state index contributed by atoms with van der Waals surface area (Å²) in [6.45, 7) is 2.17. The summed E-state index contributed by atoms with van der Waals surface area (Å²) in [4.78, 5) is 5.28. The lowest BCUT2D eigenvalue weighted by molar-refractivity contribution is 1.10. The molecule has 0 aliphatic rings. The minimum absolute atomic E-state index is 0.947. The first-order valence-corrected chi connectivity index (χ1v) is 13.6. The van der Waals surface area contributed by atoms with E-state index >= 15 is 0 Å². The van der Waals surface area contributed by atoms with E-state index in [4.69, 9.17) is 4.98 Å². The van der Waals surface area contributed by atoms with E-state index in [1.807, 2.05) is 0 Å². The first-order valence-electron chi connectivity index (χ1n) is 13.6. The minimum Gasteiger partial charge on any atom is -0.292 e. The van der Waals surface area contributed by atoms with Crippen LogP contribution in [0.4, 0.5) is 0 Å². The molecule has 1 aromatic heterocycles. The van der Waals surface area contributed by atoms with E-state index in [2.05, 4.69) is 163 Å². The molecule has 0 atom stereocenters. The van der Waals surface area contributed by atoms with Crippen LogP contribution >= 0.6 is 0 Å². The van der Waals surface area contributed by atoms with Gasteiger partial charge >= 0.3 is 0 Å². The summed E-state index contributed by atoms with van der Waals surface area (Å²) in [5, 5.41) is 0. The molecule has 0 bridgehead atoms. The maximum Gasteiger partial charge on any atom is 0.146 e. The van der Waals surface area contributed by atoms with Crippen molar-refractivity contribution in [1.29, 1.82) is 0 Å². The van der Waals surface area contributed by atoms with E-state index in [0.29, 0.717) is 0 Å². The second-order valence-electron chi connectivity index (χ2n) is 10.1. The van der Waals surface area contributed by atoms with Crippen LogP contribution in [0.5, 0.6) is 0 Å². The molecule has 2 heteroatoms. The smallest absolute Gasteiger partial charge is 0.146 e. The summed E-state index contributed by atoms with van der Waals surface area (Å²) in [6, 6.07) is 53.7. The lowest BCUT2D eigenvalue weighted by Gasteiger charge is -2.14. The fraction of sp³-hybridized carbons (Fsp3) is 0.0263. The second-order valence-corrected chi connectivity index (χ2v) is 10.1. The number of aryl methyl sites for hydroxylation is 1. The normalized spacial score (nSPS) is 11.1. The molecule has 0 saturated carbocycles. The molecule has 0 radical (unpaired) electrons. The number of hydrogen-bond acceptors (Lipinski definition) is 1. The summed E-state index contributed by atoms with van der Waals surface area (Å²) in [7, 11) is 0. The number of nitrogens with zero attached hydrogens (tertiary/aromatic N) is 2. The number of hydrogen-bond donors (Lipinski definition) is 0. The Bertz CT molecular complexity index is 1920. The third-order valence-electron chi connectivity index (χ3n) is 7.58. The Labute approximate surface area is 234 Å². The van der Waals surface area contributed by atoms with Crippen molar-refractivity contribution in [3.63, 3.8) is 0 Å². The SMILES string of the molecule is Cc1ccc(-c2ccccc2)cc1-c1nc2cc(-c3ccccc3)ccc2n1-c1ccc(-c2ccccc2)cc1. The van der Waals surface area contributed by atoms with Crippen molar-refractivity contribution in [2.45, 2.75) is 6.92 Å². The summed E-state index contributed by atoms with van der Waals surface area (Å²) < 4.78 is 2.30. The minimum atomic E-state index is 0.947. The first-order chi connectivity index (χ1) is 19.7. The van der Waals surface area contributed by atoms with Gasteiger partial charge in [-0.1, -0.05) is 121 Å². The molecule has 0 N–H and O–H groups in total. The third kappa shape index (κ3) is 4.40. The Hall–Kier alpha value is -5.21. The zero-order valence-electron chi connectivity index (χ0n) is 22.3. The molecule has 0 saturated heterocycles. The monoisotopic (exact) mass is 512 g/mol. The first kappa shape index (κ1) is 23.9. The quantitative estimate of drug-likeness (QED) is 0.224. The van der Waals surface area contributed by atoms with E-state index in [1.54, 1.807) is 0 Å². The average molecular weight is 513 g/mol. The zero-order valence-corrected chi connectivity index (χ0v) is 22.3. The Balaban J connectivity index is 1.43. The molecule has 7 rings (SSSR count). The Morgan fingerprint density at radius 3 is 1.52 bits per heavy atom. The maximum atomic E-state index is 5.28. The van der Waals surface area contributed by atoms with Crippen LogP contribution in [0.3, 0.4) is 0 Å². The molecular weight excluding hydrogens is 484 g/mol. The van der Waals surface area contributed by atoms with Gasteiger partial charge in [0.15, 0.2) is 0 Å². The number of imidazole rings is 1. The van der Waals surface area contributed by atoms with Gasteiger partial charge in [-0.25, -0.2) is 4.98 Å². The van der Waals surface area contributed by atoms with Gasteiger partial charge in [0.05, 0.1) is 11.0 Å². The second kappa shape index (κ2) is 10.2. The largest absolute Gasteiger partial charge is 0.292 e. The van der Waals surface area contributed by atoms with Gasteiger partial charge in [0.25, 0.3) is 0 Å². The number of aromatic nitrogens is 2. The molecule has 190 valence electrons. The van der Waals surface area contributed by atoms with E-state index in [1.165, 1.54) is 38.9 Å². The van der Waals surface area contributed by atoms with E-state index in [9.17, 15) is 0 Å². The van der Waals surface area contributed by atoms with Gasteiger partial charge in [-0.05, 0) is 76.2 Å². The molecular formula is C38H28N2. The summed E-state index contributed by atoms with van der Waals surface area (Å²) in [6.07, 6.45) is 0. The number of fused-ring (bicyclic) bond motifs is 1. The van der Waals surface area contributed by atoms with Gasteiger partial charge in [-0.3, -0.25) is 4.57 Å². The van der Waals surface area contributed by atoms with Crippen molar-refractivity contribution >= 4 is 11.0 Å². The molecule has 1 heterocycles. The molecule has 0 spiro atoms. The van der Waals surface area contributed by atoms with Crippen molar-refractivity contribution in [3.8, 4) is 50.5 Å². The standard InChI is InChI=1S/C38H28N2/c1-27-17-18-32(29-13-7-3-8-14-29)25-35(27)38-39-36-26-33(30-15-9-4-10-16-30)21-24-37(36)40(38)34-22-19-31(20-23-34)28-11-5-2-6-12-28/h2-26H,1H3. The molecule has 0 unspecified atom stereocenters. The highest BCUT2D eigenvalue weighted by molar-refractivity contribution is 5.88. The summed E-state index contributed by atoms with van der Waals surface area (Å²) >= 11 is 0. The van der Waals surface area contributed by atoms with E-state index < -0.39 is 0 Å². The van der Waals surface area contributed by atoms with Gasteiger partial charge in [0.2, 0.25) is 0 Å². The summed E-state index contributed by atoms with van der Waals surface area (Å²) in [5.41, 5.74) is 12.6. The van der Waals surface area contributed by atoms with Crippen molar-refractivity contribution in [2.75, 3.05) is 0 Å². The predicted molar refractivity (Wildman–Crippen MR) is 168 cm³/mol. The highest BCUT2D eigenvalue weighted by Gasteiger charge is 2.18. The van der Waals surface area contributed by atoms with Gasteiger partial charge in [0, 0.05) is 11.3 Å². The molecule has 0 fully saturated rings. The average Bonchev–Trinajstić information content (AvgIpc) is 3.41. The fourth-order valence-electron chi connectivity index (χ4n) is 5.44. The number of benzene rings is 6. The predicted octanol–water partition coefficient (Wildman–Crippen LogP) is 10.0. The lowest BCUT2D eigenvalue weighted by Crippen LogP contribution is -1.99. The topological polar surface area (TPSA) is 17.8 Å². The molecule has 7 aromatic rings. The van der Waals surface area contributed by atoms with Crippen LogP contribution in [0.25, 0.3) is 61.5 Å². The van der Waals surface area contributed by atoms with Crippen LogP contribution < -0.4 is 0 Å². The van der Waals surface area contributed by atoms with E-state index in [0.717, 1.165) is 28.1 Å². The van der Waals surface area contributed by atoms with Crippen LogP contribution in [-0.4, -0.2) is 9.55 Å². The van der Waals surface area contributed by atoms with Gasteiger partial charge in [-0.15, -0.1) is 0 Å². The molecule has 40 heavy (non-hydrogen) atoms. The van der Waals surface area contributed by atoms with Crippen molar-refractivity contribution in [2.24, 2.45) is 0 Å². The Morgan fingerprint density at radius 2 is 0.925 bits per heavy atom. The maximum absolute atomic E-state index is 5.28. The van der Waals surface area contributed by atoms with Gasteiger partial charge < -0.3 is 0 Å². The van der Waals surface area contributed by atoms with Gasteiger partial charge in [-0.2, -0.15) is 0 Å². The van der Waals surface area contributed by atoms with Crippen LogP contribution in [0, 0.1) is 6.92 Å². The lowest BCUT2D eigenvalue weighted by atomic mass is 9.99. The zero-order chi connectivity index (χ0) is 26.9. The van der Waals surface area contributed by atoms with Crippen molar-refractivity contribution in [1.82, 2.24) is 9.55 Å². The molecule has 2 nitrogen and oxygen atoms in total. The molecule has 6 aromatic carbocycles. The van der Waals surface area contributed by atoms with Crippen molar-refractivity contribution < 1.29 is 0 Å². The molecule has 0 aliphatic heterocycles. The van der Waals surface area contributed by atoms with Crippen LogP contribution in [-0.2, 0) is 0 Å². The highest BCUT2D eigenvalue weighted by Crippen LogP contribution is 2.35. The van der Waals surface area contributed by atoms with E-state index in [-0.39, 0.29) is 0 Å². The van der Waals surface area contributed by atoms with Gasteiger partial charge in [0.1, 0.15) is 5.82 Å². The van der Waals surface area contributed by atoms with Crippen LogP contribution in [0.1, 0.15) is 5.56 Å². The Morgan fingerprint density at radius 1 is 0.450 bits per heavy atom. The molecule has 0 amide bonds. The Kier molecular flexibility index (Phi) is 6.07. The fourth-order valence-corrected chi connectivity index (χ4v) is 5.44.